The zero-order valence-corrected chi connectivity index (χ0v) is 13.8. The van der Waals surface area contributed by atoms with E-state index in [0.29, 0.717) is 6.04 Å². The number of fused-ring (bicyclic) bond motifs is 1. The van der Waals surface area contributed by atoms with E-state index in [-0.39, 0.29) is 6.03 Å². The second kappa shape index (κ2) is 6.63. The first-order chi connectivity index (χ1) is 11.8. The molecular formula is C18H23N5O. The van der Waals surface area contributed by atoms with Gasteiger partial charge in [-0.25, -0.2) is 4.79 Å². The Bertz CT molecular complexity index is 715. The van der Waals surface area contributed by atoms with E-state index in [1.165, 1.54) is 12.8 Å². The van der Waals surface area contributed by atoms with Crippen LogP contribution in [0.4, 0.5) is 10.6 Å². The minimum atomic E-state index is 0.0885. The molecule has 1 aromatic carbocycles. The number of amides is 2. The molecule has 0 atom stereocenters. The molecule has 0 bridgehead atoms. The predicted octanol–water partition coefficient (Wildman–Crippen LogP) is 2.40. The minimum absolute atomic E-state index is 0.0885. The lowest BCUT2D eigenvalue weighted by Gasteiger charge is -2.36. The van der Waals surface area contributed by atoms with Crippen molar-refractivity contribution in [1.29, 1.82) is 0 Å². The SMILES string of the molecule is O=C(NC1CCCC1)N1CCN(c2nncc3ccccc23)CC1. The van der Waals surface area contributed by atoms with Crippen LogP contribution < -0.4 is 10.2 Å². The number of carbonyl (C=O) groups excluding carboxylic acids is 1. The summed E-state index contributed by atoms with van der Waals surface area (Å²) < 4.78 is 0. The maximum atomic E-state index is 12.4. The van der Waals surface area contributed by atoms with Crippen molar-refractivity contribution in [3.63, 3.8) is 0 Å². The number of hydrogen-bond acceptors (Lipinski definition) is 4. The van der Waals surface area contributed by atoms with Crippen molar-refractivity contribution in [2.24, 2.45) is 0 Å². The maximum Gasteiger partial charge on any atom is 0.317 e. The van der Waals surface area contributed by atoms with Gasteiger partial charge in [0.25, 0.3) is 0 Å². The molecule has 2 aromatic rings. The van der Waals surface area contributed by atoms with Gasteiger partial charge in [-0.15, -0.1) is 5.10 Å². The first kappa shape index (κ1) is 15.2. The number of anilines is 1. The molecule has 1 aliphatic heterocycles. The fourth-order valence-electron chi connectivity index (χ4n) is 3.70. The van der Waals surface area contributed by atoms with Gasteiger partial charge in [0.1, 0.15) is 0 Å². The topological polar surface area (TPSA) is 61.4 Å². The number of rotatable bonds is 2. The van der Waals surface area contributed by atoms with Crippen molar-refractivity contribution in [1.82, 2.24) is 20.4 Å². The number of carbonyl (C=O) groups is 1. The normalized spacial score (nSPS) is 19.0. The van der Waals surface area contributed by atoms with Gasteiger partial charge in [-0.05, 0) is 12.8 Å². The molecule has 1 aliphatic carbocycles. The van der Waals surface area contributed by atoms with Gasteiger partial charge in [0.05, 0.1) is 6.20 Å². The second-order valence-corrected chi connectivity index (χ2v) is 6.66. The first-order valence-electron chi connectivity index (χ1n) is 8.82. The number of nitrogens with zero attached hydrogens (tertiary/aromatic N) is 4. The second-order valence-electron chi connectivity index (χ2n) is 6.66. The van der Waals surface area contributed by atoms with Crippen LogP contribution in [-0.4, -0.2) is 53.3 Å². The van der Waals surface area contributed by atoms with Gasteiger partial charge >= 0.3 is 6.03 Å². The van der Waals surface area contributed by atoms with E-state index in [1.54, 1.807) is 6.20 Å². The molecule has 2 fully saturated rings. The lowest BCUT2D eigenvalue weighted by molar-refractivity contribution is 0.190. The number of hydrogen-bond donors (Lipinski definition) is 1. The van der Waals surface area contributed by atoms with E-state index in [2.05, 4.69) is 32.5 Å². The molecule has 1 N–H and O–H groups in total. The van der Waals surface area contributed by atoms with Crippen molar-refractivity contribution in [2.45, 2.75) is 31.7 Å². The molecule has 4 rings (SSSR count). The Morgan fingerprint density at radius 1 is 1.08 bits per heavy atom. The summed E-state index contributed by atoms with van der Waals surface area (Å²) in [6.45, 7) is 3.04. The Labute approximate surface area is 141 Å². The molecule has 1 aromatic heterocycles. The highest BCUT2D eigenvalue weighted by Gasteiger charge is 2.25. The fraction of sp³-hybridized carbons (Fsp3) is 0.500. The van der Waals surface area contributed by atoms with Gasteiger partial charge in [0.15, 0.2) is 5.82 Å². The Morgan fingerprint density at radius 3 is 2.62 bits per heavy atom. The number of nitrogens with one attached hydrogen (secondary N) is 1. The van der Waals surface area contributed by atoms with Gasteiger partial charge in [-0.3, -0.25) is 0 Å². The highest BCUT2D eigenvalue weighted by molar-refractivity contribution is 5.91. The molecule has 2 aliphatic rings. The number of benzene rings is 1. The summed E-state index contributed by atoms with van der Waals surface area (Å²) in [5.41, 5.74) is 0. The summed E-state index contributed by atoms with van der Waals surface area (Å²) >= 11 is 0. The van der Waals surface area contributed by atoms with Crippen LogP contribution in [0.15, 0.2) is 30.5 Å². The fourth-order valence-corrected chi connectivity index (χ4v) is 3.70. The smallest absolute Gasteiger partial charge is 0.317 e. The van der Waals surface area contributed by atoms with Crippen LogP contribution in [-0.2, 0) is 0 Å². The largest absolute Gasteiger partial charge is 0.351 e. The minimum Gasteiger partial charge on any atom is -0.351 e. The summed E-state index contributed by atoms with van der Waals surface area (Å²) in [7, 11) is 0. The lowest BCUT2D eigenvalue weighted by Crippen LogP contribution is -2.53. The maximum absolute atomic E-state index is 12.4. The molecule has 126 valence electrons. The van der Waals surface area contributed by atoms with Gasteiger partial charge in [0, 0.05) is 43.0 Å². The Balaban J connectivity index is 1.41. The van der Waals surface area contributed by atoms with Crippen molar-refractivity contribution in [3.8, 4) is 0 Å². The Kier molecular flexibility index (Phi) is 4.19. The van der Waals surface area contributed by atoms with Crippen LogP contribution in [0.1, 0.15) is 25.7 Å². The molecule has 0 spiro atoms. The third kappa shape index (κ3) is 3.00. The first-order valence-corrected chi connectivity index (χ1v) is 8.82. The van der Waals surface area contributed by atoms with Gasteiger partial charge in [-0.2, -0.15) is 5.10 Å². The summed E-state index contributed by atoms with van der Waals surface area (Å²) in [5, 5.41) is 13.9. The molecule has 2 amide bonds. The quantitative estimate of drug-likeness (QED) is 0.921. The third-order valence-corrected chi connectivity index (χ3v) is 5.10. The Hall–Kier alpha value is -2.37. The van der Waals surface area contributed by atoms with Gasteiger partial charge in [-0.1, -0.05) is 37.1 Å². The molecule has 0 radical (unpaired) electrons. The van der Waals surface area contributed by atoms with Crippen molar-refractivity contribution in [3.05, 3.63) is 30.5 Å². The standard InChI is InChI=1S/C18H23N5O/c24-18(20-15-6-2-3-7-15)23-11-9-22(10-12-23)17-16-8-4-1-5-14(16)13-19-21-17/h1,4-5,8,13,15H,2-3,6-7,9-12H2,(H,20,24). The van der Waals surface area contributed by atoms with Gasteiger partial charge < -0.3 is 15.1 Å². The van der Waals surface area contributed by atoms with E-state index in [1.807, 2.05) is 17.0 Å². The van der Waals surface area contributed by atoms with Crippen molar-refractivity contribution >= 4 is 22.6 Å². The highest BCUT2D eigenvalue weighted by atomic mass is 16.2. The zero-order chi connectivity index (χ0) is 16.4. The average Bonchev–Trinajstić information content (AvgIpc) is 3.14. The van der Waals surface area contributed by atoms with Crippen LogP contribution >= 0.6 is 0 Å². The number of urea groups is 1. The molecule has 6 heteroatoms. The van der Waals surface area contributed by atoms with E-state index in [9.17, 15) is 4.79 Å². The molecule has 24 heavy (non-hydrogen) atoms. The van der Waals surface area contributed by atoms with Crippen LogP contribution in [0.3, 0.4) is 0 Å². The van der Waals surface area contributed by atoms with Crippen LogP contribution in [0.2, 0.25) is 0 Å². The van der Waals surface area contributed by atoms with Crippen LogP contribution in [0, 0.1) is 0 Å². The predicted molar refractivity (Wildman–Crippen MR) is 94.1 cm³/mol. The molecule has 6 nitrogen and oxygen atoms in total. The van der Waals surface area contributed by atoms with Crippen LogP contribution in [0.25, 0.3) is 10.8 Å². The van der Waals surface area contributed by atoms with Gasteiger partial charge in [0.2, 0.25) is 0 Å². The number of piperazine rings is 1. The summed E-state index contributed by atoms with van der Waals surface area (Å²) in [5.74, 6) is 0.920. The summed E-state index contributed by atoms with van der Waals surface area (Å²) in [6.07, 6.45) is 6.51. The summed E-state index contributed by atoms with van der Waals surface area (Å²) in [4.78, 5) is 16.5. The van der Waals surface area contributed by atoms with E-state index < -0.39 is 0 Å². The molecule has 0 unspecified atom stereocenters. The molecule has 2 heterocycles. The zero-order valence-electron chi connectivity index (χ0n) is 13.8. The molecule has 1 saturated carbocycles. The van der Waals surface area contributed by atoms with Crippen molar-refractivity contribution in [2.75, 3.05) is 31.1 Å². The highest BCUT2D eigenvalue weighted by Crippen LogP contribution is 2.24. The average molecular weight is 325 g/mol. The van der Waals surface area contributed by atoms with Crippen LogP contribution in [0.5, 0.6) is 0 Å². The number of aromatic nitrogens is 2. The van der Waals surface area contributed by atoms with Crippen molar-refractivity contribution < 1.29 is 4.79 Å². The lowest BCUT2D eigenvalue weighted by atomic mass is 10.1. The summed E-state index contributed by atoms with van der Waals surface area (Å²) in [6, 6.07) is 8.64. The van der Waals surface area contributed by atoms with E-state index in [0.717, 1.165) is 55.6 Å². The Morgan fingerprint density at radius 2 is 1.83 bits per heavy atom. The van der Waals surface area contributed by atoms with E-state index in [4.69, 9.17) is 0 Å². The molecule has 1 saturated heterocycles. The third-order valence-electron chi connectivity index (χ3n) is 5.10. The monoisotopic (exact) mass is 325 g/mol. The van der Waals surface area contributed by atoms with E-state index >= 15 is 0 Å². The molecular weight excluding hydrogens is 302 g/mol.